The van der Waals surface area contributed by atoms with Gasteiger partial charge in [-0.05, 0) is 24.8 Å². The van der Waals surface area contributed by atoms with Crippen molar-refractivity contribution in [3.8, 4) is 0 Å². The summed E-state index contributed by atoms with van der Waals surface area (Å²) in [5.41, 5.74) is 6.53. The van der Waals surface area contributed by atoms with E-state index in [1.54, 1.807) is 0 Å². The van der Waals surface area contributed by atoms with Crippen LogP contribution < -0.4 is 11.1 Å². The molecule has 3 N–H and O–H groups in total. The molecule has 2 heterocycles. The molecule has 13 heteroatoms. The highest BCUT2D eigenvalue weighted by molar-refractivity contribution is 5.76. The molecule has 0 aliphatic heterocycles. The largest absolute Gasteiger partial charge is 0.389 e. The Morgan fingerprint density at radius 2 is 1.94 bits per heavy atom. The van der Waals surface area contributed by atoms with Crippen LogP contribution in [0.1, 0.15) is 61.9 Å². The molecule has 1 aliphatic rings. The number of alkyl halides is 7. The van der Waals surface area contributed by atoms with Gasteiger partial charge >= 0.3 is 6.18 Å². The lowest BCUT2D eigenvalue weighted by atomic mass is 9.81. The van der Waals surface area contributed by atoms with Crippen LogP contribution in [0.5, 0.6) is 0 Å². The number of nitrogens with two attached hydrogens (primary N) is 1. The van der Waals surface area contributed by atoms with Gasteiger partial charge in [-0.25, -0.2) is 27.1 Å². The van der Waals surface area contributed by atoms with Crippen LogP contribution in [-0.2, 0) is 4.79 Å². The summed E-state index contributed by atoms with van der Waals surface area (Å²) in [6.07, 6.45) is -7.69. The van der Waals surface area contributed by atoms with Crippen molar-refractivity contribution < 1.29 is 35.5 Å². The van der Waals surface area contributed by atoms with E-state index in [0.717, 1.165) is 6.20 Å². The summed E-state index contributed by atoms with van der Waals surface area (Å²) in [5, 5.41) is 5.86. The molecule has 1 saturated carbocycles. The minimum atomic E-state index is -4.59. The lowest BCUT2D eigenvalue weighted by Crippen LogP contribution is -2.33. The average Bonchev–Trinajstić information content (AvgIpc) is 3.12. The zero-order valence-electron chi connectivity index (χ0n) is 16.8. The predicted octanol–water partition coefficient (Wildman–Crippen LogP) is 4.32. The molecular formula is C19H22F7N5O. The van der Waals surface area contributed by atoms with E-state index >= 15 is 0 Å². The van der Waals surface area contributed by atoms with E-state index in [4.69, 9.17) is 5.73 Å². The van der Waals surface area contributed by atoms with Crippen LogP contribution in [0.15, 0.2) is 18.5 Å². The summed E-state index contributed by atoms with van der Waals surface area (Å²) in [5.74, 6) is -4.10. The van der Waals surface area contributed by atoms with Gasteiger partial charge in [-0.1, -0.05) is 0 Å². The number of carbonyl (C=O) groups is 1. The van der Waals surface area contributed by atoms with Crippen molar-refractivity contribution in [2.45, 2.75) is 69.1 Å². The summed E-state index contributed by atoms with van der Waals surface area (Å²) >= 11 is 0. The fourth-order valence-corrected chi connectivity index (χ4v) is 3.70. The first kappa shape index (κ1) is 24.2. The van der Waals surface area contributed by atoms with Crippen molar-refractivity contribution in [1.29, 1.82) is 0 Å². The monoisotopic (exact) mass is 469 g/mol. The predicted molar refractivity (Wildman–Crippen MR) is 99.0 cm³/mol. The number of imidazole rings is 1. The summed E-state index contributed by atoms with van der Waals surface area (Å²) in [6.45, 7) is 0. The summed E-state index contributed by atoms with van der Waals surface area (Å²) in [4.78, 5) is 16.0. The second kappa shape index (κ2) is 9.20. The van der Waals surface area contributed by atoms with E-state index in [9.17, 15) is 35.5 Å². The van der Waals surface area contributed by atoms with Crippen molar-refractivity contribution >= 4 is 11.6 Å². The number of hydrogen-bond acceptors (Lipinski definition) is 4. The smallest absolute Gasteiger partial charge is 0.344 e. The highest BCUT2D eigenvalue weighted by Crippen LogP contribution is 2.40. The molecule has 1 fully saturated rings. The topological polar surface area (TPSA) is 85.3 Å². The molecule has 178 valence electrons. The third kappa shape index (κ3) is 6.08. The standard InChI is InChI=1S/C19H22F7N5O/c20-17(21)16(30-14(32)3-6-19(24,25)26)11-7-13-29-12(9-31(13)28-8-11)15(27)10-1-4-18(22,23)5-2-10/h7-10,15-17H,1-6,27H2,(H,30,32)/t15-,16?/m0/s1. The number of aromatic nitrogens is 3. The molecular weight excluding hydrogens is 447 g/mol. The zero-order valence-corrected chi connectivity index (χ0v) is 16.8. The van der Waals surface area contributed by atoms with E-state index in [0.29, 0.717) is 5.69 Å². The Bertz CT molecular complexity index is 936. The molecule has 0 spiro atoms. The molecule has 0 radical (unpaired) electrons. The summed E-state index contributed by atoms with van der Waals surface area (Å²) < 4.78 is 91.7. The number of rotatable bonds is 7. The number of hydrogen-bond donors (Lipinski definition) is 2. The van der Waals surface area contributed by atoms with Crippen molar-refractivity contribution in [3.63, 3.8) is 0 Å². The highest BCUT2D eigenvalue weighted by atomic mass is 19.4. The number of carbonyl (C=O) groups excluding carboxylic acids is 1. The van der Waals surface area contributed by atoms with E-state index < -0.39 is 49.4 Å². The minimum Gasteiger partial charge on any atom is -0.344 e. The highest BCUT2D eigenvalue weighted by Gasteiger charge is 2.37. The minimum absolute atomic E-state index is 0.129. The molecule has 32 heavy (non-hydrogen) atoms. The first-order valence-corrected chi connectivity index (χ1v) is 9.97. The molecule has 3 rings (SSSR count). The Labute approximate surface area is 178 Å². The first-order chi connectivity index (χ1) is 14.8. The number of halogens is 7. The van der Waals surface area contributed by atoms with Crippen LogP contribution in [0.3, 0.4) is 0 Å². The average molecular weight is 469 g/mol. The SMILES string of the molecule is N[C@H](c1cn2ncc(C(NC(=O)CCC(F)(F)F)C(F)F)cc2n1)C1CCC(F)(F)CC1. The molecule has 1 amide bonds. The van der Waals surface area contributed by atoms with Gasteiger partial charge in [0.25, 0.3) is 6.43 Å². The molecule has 0 saturated heterocycles. The van der Waals surface area contributed by atoms with Gasteiger partial charge in [-0.3, -0.25) is 4.79 Å². The van der Waals surface area contributed by atoms with Crippen LogP contribution in [0.25, 0.3) is 5.65 Å². The van der Waals surface area contributed by atoms with Crippen LogP contribution in [0, 0.1) is 5.92 Å². The van der Waals surface area contributed by atoms with Crippen LogP contribution in [0.2, 0.25) is 0 Å². The summed E-state index contributed by atoms with van der Waals surface area (Å²) in [7, 11) is 0. The maximum Gasteiger partial charge on any atom is 0.389 e. The first-order valence-electron chi connectivity index (χ1n) is 9.97. The number of fused-ring (bicyclic) bond motifs is 1. The van der Waals surface area contributed by atoms with Gasteiger partial charge in [0.15, 0.2) is 5.65 Å². The molecule has 1 aliphatic carbocycles. The van der Waals surface area contributed by atoms with Crippen molar-refractivity contribution in [2.75, 3.05) is 0 Å². The van der Waals surface area contributed by atoms with Crippen molar-refractivity contribution in [2.24, 2.45) is 11.7 Å². The van der Waals surface area contributed by atoms with Gasteiger partial charge in [0, 0.05) is 24.8 Å². The third-order valence-corrected chi connectivity index (χ3v) is 5.53. The fraction of sp³-hybridized carbons (Fsp3) is 0.632. The third-order valence-electron chi connectivity index (χ3n) is 5.53. The van der Waals surface area contributed by atoms with Gasteiger partial charge in [-0.2, -0.15) is 18.3 Å². The maximum atomic E-state index is 13.5. The van der Waals surface area contributed by atoms with E-state index in [1.165, 1.54) is 16.8 Å². The van der Waals surface area contributed by atoms with Gasteiger partial charge in [0.05, 0.1) is 30.6 Å². The Balaban J connectivity index is 1.74. The molecule has 2 atom stereocenters. The lowest BCUT2D eigenvalue weighted by molar-refractivity contribution is -0.144. The van der Waals surface area contributed by atoms with Gasteiger partial charge in [0.2, 0.25) is 11.8 Å². The van der Waals surface area contributed by atoms with E-state index in [1.807, 2.05) is 5.32 Å². The molecule has 0 aromatic carbocycles. The molecule has 1 unspecified atom stereocenters. The lowest BCUT2D eigenvalue weighted by Gasteiger charge is -2.31. The van der Waals surface area contributed by atoms with E-state index in [2.05, 4.69) is 10.1 Å². The molecule has 2 aromatic rings. The molecule has 6 nitrogen and oxygen atoms in total. The molecule has 0 bridgehead atoms. The van der Waals surface area contributed by atoms with Crippen molar-refractivity contribution in [1.82, 2.24) is 19.9 Å². The fourth-order valence-electron chi connectivity index (χ4n) is 3.70. The van der Waals surface area contributed by atoms with Crippen LogP contribution in [0.4, 0.5) is 30.7 Å². The number of amides is 1. The maximum absolute atomic E-state index is 13.5. The quantitative estimate of drug-likeness (QED) is 0.592. The van der Waals surface area contributed by atoms with Crippen LogP contribution in [-0.4, -0.2) is 39.0 Å². The molecule has 2 aromatic heterocycles. The van der Waals surface area contributed by atoms with E-state index in [-0.39, 0.29) is 42.8 Å². The Morgan fingerprint density at radius 1 is 1.28 bits per heavy atom. The summed E-state index contributed by atoms with van der Waals surface area (Å²) in [6, 6.07) is -1.30. The number of nitrogens with one attached hydrogen (secondary N) is 1. The Hall–Kier alpha value is -2.44. The van der Waals surface area contributed by atoms with Crippen LogP contribution >= 0.6 is 0 Å². The van der Waals surface area contributed by atoms with Gasteiger partial charge < -0.3 is 11.1 Å². The Kier molecular flexibility index (Phi) is 6.96. The number of nitrogens with zero attached hydrogens (tertiary/aromatic N) is 3. The van der Waals surface area contributed by atoms with Gasteiger partial charge in [-0.15, -0.1) is 0 Å². The second-order valence-electron chi connectivity index (χ2n) is 7.97. The van der Waals surface area contributed by atoms with Crippen molar-refractivity contribution in [3.05, 3.63) is 29.7 Å². The second-order valence-corrected chi connectivity index (χ2v) is 7.97. The zero-order chi connectivity index (χ0) is 23.7. The van der Waals surface area contributed by atoms with Gasteiger partial charge in [0.1, 0.15) is 6.04 Å². The Morgan fingerprint density at radius 3 is 2.53 bits per heavy atom. The normalized spacial score (nSPS) is 19.3.